The smallest absolute Gasteiger partial charge is 0.230 e. The van der Waals surface area contributed by atoms with Crippen LogP contribution in [0.4, 0.5) is 0 Å². The van der Waals surface area contributed by atoms with Crippen LogP contribution < -0.4 is 11.1 Å². The Labute approximate surface area is 111 Å². The van der Waals surface area contributed by atoms with Crippen LogP contribution in [0.5, 0.6) is 0 Å². The molecule has 0 fully saturated rings. The third-order valence-corrected chi connectivity index (χ3v) is 3.64. The van der Waals surface area contributed by atoms with Crippen molar-refractivity contribution in [1.82, 2.24) is 5.32 Å². The summed E-state index contributed by atoms with van der Waals surface area (Å²) in [6, 6.07) is 0.174. The van der Waals surface area contributed by atoms with Crippen molar-refractivity contribution in [2.45, 2.75) is 53.5 Å². The van der Waals surface area contributed by atoms with Crippen molar-refractivity contribution in [1.29, 1.82) is 0 Å². The molecule has 17 heavy (non-hydrogen) atoms. The minimum Gasteiger partial charge on any atom is -0.393 e. The number of nitrogens with one attached hydrogen (secondary N) is 1. The summed E-state index contributed by atoms with van der Waals surface area (Å²) in [6.07, 6.45) is 2.13. The maximum atomic E-state index is 12.1. The first kappa shape index (κ1) is 16.4. The second kappa shape index (κ2) is 7.64. The van der Waals surface area contributed by atoms with Crippen LogP contribution in [0.1, 0.15) is 47.5 Å². The van der Waals surface area contributed by atoms with Gasteiger partial charge in [0.2, 0.25) is 5.91 Å². The second-order valence-electron chi connectivity index (χ2n) is 5.00. The molecule has 0 bridgehead atoms. The molecule has 0 aromatic heterocycles. The molecule has 0 radical (unpaired) electrons. The summed E-state index contributed by atoms with van der Waals surface area (Å²) in [5.74, 6) is 0.258. The molecule has 2 atom stereocenters. The van der Waals surface area contributed by atoms with Gasteiger partial charge >= 0.3 is 0 Å². The van der Waals surface area contributed by atoms with E-state index >= 15 is 0 Å². The highest BCUT2D eigenvalue weighted by molar-refractivity contribution is 7.80. The van der Waals surface area contributed by atoms with E-state index in [4.69, 9.17) is 18.0 Å². The Kier molecular flexibility index (Phi) is 7.35. The highest BCUT2D eigenvalue weighted by atomic mass is 32.1. The van der Waals surface area contributed by atoms with Crippen LogP contribution in [0, 0.1) is 17.8 Å². The molecule has 0 aliphatic carbocycles. The average molecular weight is 258 g/mol. The van der Waals surface area contributed by atoms with Gasteiger partial charge in [0.05, 0.1) is 10.9 Å². The zero-order valence-electron chi connectivity index (χ0n) is 11.6. The zero-order chi connectivity index (χ0) is 13.6. The Balaban J connectivity index is 4.55. The molecule has 0 heterocycles. The van der Waals surface area contributed by atoms with Gasteiger partial charge in [0.25, 0.3) is 0 Å². The first-order valence-corrected chi connectivity index (χ1v) is 6.85. The number of rotatable bonds is 7. The molecule has 0 aliphatic rings. The lowest BCUT2D eigenvalue weighted by Crippen LogP contribution is -2.46. The van der Waals surface area contributed by atoms with E-state index in [1.54, 1.807) is 0 Å². The SMILES string of the molecule is CCC(CC)C(C)NC(=O)C(C(N)=S)C(C)C. The Hall–Kier alpha value is -0.640. The van der Waals surface area contributed by atoms with Crippen LogP contribution in [-0.4, -0.2) is 16.9 Å². The third kappa shape index (κ3) is 5.02. The van der Waals surface area contributed by atoms with Gasteiger partial charge in [0, 0.05) is 6.04 Å². The molecule has 0 aromatic carbocycles. The minimum atomic E-state index is -0.359. The van der Waals surface area contributed by atoms with Crippen molar-refractivity contribution in [2.75, 3.05) is 0 Å². The molecule has 0 aliphatic heterocycles. The lowest BCUT2D eigenvalue weighted by atomic mass is 9.92. The Morgan fingerprint density at radius 1 is 1.24 bits per heavy atom. The third-order valence-electron chi connectivity index (χ3n) is 3.38. The number of carbonyl (C=O) groups is 1. The van der Waals surface area contributed by atoms with E-state index < -0.39 is 0 Å². The molecule has 1 amide bonds. The van der Waals surface area contributed by atoms with Crippen LogP contribution in [0.2, 0.25) is 0 Å². The van der Waals surface area contributed by atoms with Crippen LogP contribution in [0.15, 0.2) is 0 Å². The number of amides is 1. The highest BCUT2D eigenvalue weighted by Crippen LogP contribution is 2.16. The number of thiocarbonyl (C=S) groups is 1. The van der Waals surface area contributed by atoms with E-state index in [9.17, 15) is 4.79 Å². The molecule has 0 rings (SSSR count). The van der Waals surface area contributed by atoms with Gasteiger partial charge in [-0.05, 0) is 18.8 Å². The maximum Gasteiger partial charge on any atom is 0.230 e. The minimum absolute atomic E-state index is 0.0353. The van der Waals surface area contributed by atoms with E-state index in [1.807, 2.05) is 20.8 Å². The molecule has 2 unspecified atom stereocenters. The van der Waals surface area contributed by atoms with E-state index in [-0.39, 0.29) is 28.8 Å². The highest BCUT2D eigenvalue weighted by Gasteiger charge is 2.27. The predicted molar refractivity (Wildman–Crippen MR) is 76.8 cm³/mol. The van der Waals surface area contributed by atoms with Crippen LogP contribution >= 0.6 is 12.2 Å². The lowest BCUT2D eigenvalue weighted by Gasteiger charge is -2.26. The summed E-state index contributed by atoms with van der Waals surface area (Å²) in [7, 11) is 0. The second-order valence-corrected chi connectivity index (χ2v) is 5.47. The van der Waals surface area contributed by atoms with Crippen molar-refractivity contribution < 1.29 is 4.79 Å². The lowest BCUT2D eigenvalue weighted by molar-refractivity contribution is -0.124. The van der Waals surface area contributed by atoms with Gasteiger partial charge in [-0.25, -0.2) is 0 Å². The molecule has 0 saturated carbocycles. The summed E-state index contributed by atoms with van der Waals surface area (Å²) in [5.41, 5.74) is 5.63. The molecule has 0 aromatic rings. The van der Waals surface area contributed by atoms with Crippen molar-refractivity contribution in [3.05, 3.63) is 0 Å². The molecule has 3 nitrogen and oxygen atoms in total. The average Bonchev–Trinajstić information content (AvgIpc) is 2.17. The molecule has 0 saturated heterocycles. The predicted octanol–water partition coefficient (Wildman–Crippen LogP) is 2.49. The number of carbonyl (C=O) groups excluding carboxylic acids is 1. The zero-order valence-corrected chi connectivity index (χ0v) is 12.4. The molecular formula is C13H26N2OS. The van der Waals surface area contributed by atoms with Gasteiger partial charge in [0.1, 0.15) is 0 Å². The van der Waals surface area contributed by atoms with E-state index in [0.717, 1.165) is 12.8 Å². The summed E-state index contributed by atoms with van der Waals surface area (Å²) in [6.45, 7) is 10.3. The standard InChI is InChI=1S/C13H26N2OS/c1-6-10(7-2)9(5)15-13(16)11(8(3)4)12(14)17/h8-11H,6-7H2,1-5H3,(H2,14,17)(H,15,16). The van der Waals surface area contributed by atoms with Gasteiger partial charge in [-0.15, -0.1) is 0 Å². The summed E-state index contributed by atoms with van der Waals surface area (Å²) < 4.78 is 0. The number of hydrogen-bond donors (Lipinski definition) is 2. The van der Waals surface area contributed by atoms with Gasteiger partial charge in [-0.1, -0.05) is 52.8 Å². The first-order valence-electron chi connectivity index (χ1n) is 6.44. The number of hydrogen-bond acceptors (Lipinski definition) is 2. The van der Waals surface area contributed by atoms with Gasteiger partial charge in [-0.3, -0.25) is 4.79 Å². The first-order chi connectivity index (χ1) is 7.84. The van der Waals surface area contributed by atoms with Crippen molar-refractivity contribution in [3.8, 4) is 0 Å². The van der Waals surface area contributed by atoms with Gasteiger partial charge in [-0.2, -0.15) is 0 Å². The summed E-state index contributed by atoms with van der Waals surface area (Å²) in [4.78, 5) is 12.4. The number of nitrogens with two attached hydrogens (primary N) is 1. The Bertz CT molecular complexity index is 262. The molecule has 4 heteroatoms. The molecule has 100 valence electrons. The summed E-state index contributed by atoms with van der Waals surface area (Å²) in [5, 5.41) is 3.04. The Morgan fingerprint density at radius 2 is 1.71 bits per heavy atom. The topological polar surface area (TPSA) is 55.1 Å². The van der Waals surface area contributed by atoms with Crippen molar-refractivity contribution >= 4 is 23.1 Å². The van der Waals surface area contributed by atoms with Gasteiger partial charge in [0.15, 0.2) is 0 Å². The van der Waals surface area contributed by atoms with E-state index in [2.05, 4.69) is 19.2 Å². The Morgan fingerprint density at radius 3 is 2.00 bits per heavy atom. The summed E-state index contributed by atoms with van der Waals surface area (Å²) >= 11 is 4.96. The molecule has 3 N–H and O–H groups in total. The van der Waals surface area contributed by atoms with Crippen molar-refractivity contribution in [3.63, 3.8) is 0 Å². The molecule has 0 spiro atoms. The van der Waals surface area contributed by atoms with Crippen LogP contribution in [0.25, 0.3) is 0 Å². The largest absolute Gasteiger partial charge is 0.393 e. The fraction of sp³-hybridized carbons (Fsp3) is 0.846. The van der Waals surface area contributed by atoms with Crippen LogP contribution in [0.3, 0.4) is 0 Å². The fourth-order valence-corrected chi connectivity index (χ4v) is 2.57. The monoisotopic (exact) mass is 258 g/mol. The molecular weight excluding hydrogens is 232 g/mol. The quantitative estimate of drug-likeness (QED) is 0.690. The van der Waals surface area contributed by atoms with Crippen LogP contribution in [-0.2, 0) is 4.79 Å². The van der Waals surface area contributed by atoms with E-state index in [0.29, 0.717) is 5.92 Å². The normalized spacial score (nSPS) is 14.8. The van der Waals surface area contributed by atoms with E-state index in [1.165, 1.54) is 0 Å². The fourth-order valence-electron chi connectivity index (χ4n) is 2.19. The van der Waals surface area contributed by atoms with Gasteiger partial charge < -0.3 is 11.1 Å². The maximum absolute atomic E-state index is 12.1. The van der Waals surface area contributed by atoms with Crippen molar-refractivity contribution in [2.24, 2.45) is 23.5 Å².